The van der Waals surface area contributed by atoms with Crippen LogP contribution in [0.1, 0.15) is 43.2 Å². The van der Waals surface area contributed by atoms with E-state index in [2.05, 4.69) is 9.62 Å². The maximum atomic E-state index is 12.1. The highest BCUT2D eigenvalue weighted by Gasteiger charge is 2.29. The van der Waals surface area contributed by atoms with Crippen LogP contribution in [-0.4, -0.2) is 66.7 Å². The van der Waals surface area contributed by atoms with Crippen LogP contribution in [0.5, 0.6) is 0 Å². The van der Waals surface area contributed by atoms with Crippen LogP contribution in [0.15, 0.2) is 24.3 Å². The van der Waals surface area contributed by atoms with Gasteiger partial charge in [0.15, 0.2) is 0 Å². The van der Waals surface area contributed by atoms with Gasteiger partial charge in [0.25, 0.3) is 0 Å². The van der Waals surface area contributed by atoms with Crippen LogP contribution in [-0.2, 0) is 27.0 Å². The average Bonchev–Trinajstić information content (AvgIpc) is 3.30. The third-order valence-electron chi connectivity index (χ3n) is 5.18. The molecule has 0 unspecified atom stereocenters. The van der Waals surface area contributed by atoms with E-state index in [1.165, 1.54) is 57.3 Å². The van der Waals surface area contributed by atoms with E-state index in [1.807, 2.05) is 11.9 Å². The number of likely N-dealkylation sites (tertiary alicyclic amines) is 1. The Kier molecular flexibility index (Phi) is 11.9. The second-order valence-electron chi connectivity index (χ2n) is 7.80. The van der Waals surface area contributed by atoms with E-state index in [4.69, 9.17) is 4.74 Å². The molecule has 3 fully saturated rings. The minimum absolute atomic E-state index is 0.238. The van der Waals surface area contributed by atoms with E-state index in [1.54, 1.807) is 4.90 Å². The molecule has 0 spiro atoms. The van der Waals surface area contributed by atoms with Gasteiger partial charge in [-0.2, -0.15) is 13.2 Å². The van der Waals surface area contributed by atoms with Crippen molar-refractivity contribution >= 4 is 24.8 Å². The zero-order chi connectivity index (χ0) is 23.2. The molecule has 0 aromatic heterocycles. The Labute approximate surface area is 192 Å². The summed E-state index contributed by atoms with van der Waals surface area (Å²) in [5.41, 5.74) is -0.0579. The van der Waals surface area contributed by atoms with Gasteiger partial charge >= 0.3 is 6.18 Å². The van der Waals surface area contributed by atoms with E-state index in [0.29, 0.717) is 12.0 Å². The number of rotatable bonds is 6. The van der Waals surface area contributed by atoms with E-state index >= 15 is 0 Å². The summed E-state index contributed by atoms with van der Waals surface area (Å²) in [4.78, 5) is 21.7. The summed E-state index contributed by atoms with van der Waals surface area (Å²) in [6.07, 6.45) is 3.71. The fraction of sp³-hybridized carbons (Fsp3) is 0.636. The van der Waals surface area contributed by atoms with Gasteiger partial charge in [-0.25, -0.2) is 0 Å². The number of nitrogens with one attached hydrogen (secondary N) is 1. The lowest BCUT2D eigenvalue weighted by atomic mass is 10.1. The third kappa shape index (κ3) is 10.2. The number of hydrogen-bond acceptors (Lipinski definition) is 5. The Morgan fingerprint density at radius 2 is 1.56 bits per heavy atom. The molecule has 6 nitrogen and oxygen atoms in total. The lowest BCUT2D eigenvalue weighted by Crippen LogP contribution is -2.36. The van der Waals surface area contributed by atoms with Crippen molar-refractivity contribution < 1.29 is 27.5 Å². The molecule has 3 heterocycles. The van der Waals surface area contributed by atoms with Crippen LogP contribution in [0, 0.1) is 0 Å². The number of halogens is 3. The molecule has 0 saturated carbocycles. The first-order valence-corrected chi connectivity index (χ1v) is 11.8. The summed E-state index contributed by atoms with van der Waals surface area (Å²) in [7, 11) is 0. The van der Waals surface area contributed by atoms with Gasteiger partial charge in [0.1, 0.15) is 0 Å². The van der Waals surface area contributed by atoms with Gasteiger partial charge in [-0.3, -0.25) is 13.9 Å². The first-order chi connectivity index (χ1) is 15.4. The molecule has 32 heavy (non-hydrogen) atoms. The Hall–Kier alpha value is -1.78. The Bertz CT molecular complexity index is 661. The second-order valence-corrected chi connectivity index (χ2v) is 9.19. The molecular formula is C22H32F3N3O3S. The van der Waals surface area contributed by atoms with E-state index in [-0.39, 0.29) is 6.54 Å². The van der Waals surface area contributed by atoms with Gasteiger partial charge in [0, 0.05) is 32.7 Å². The zero-order valence-corrected chi connectivity index (χ0v) is 19.0. The molecule has 1 N–H and O–H groups in total. The number of carbonyl (C=O) groups excluding carboxylic acids is 2. The van der Waals surface area contributed by atoms with Gasteiger partial charge in [0.05, 0.1) is 24.0 Å². The molecule has 2 amide bonds. The first-order valence-electron chi connectivity index (χ1n) is 10.9. The summed E-state index contributed by atoms with van der Waals surface area (Å²) < 4.78 is 43.9. The van der Waals surface area contributed by atoms with Crippen molar-refractivity contribution in [2.75, 3.05) is 39.4 Å². The lowest BCUT2D eigenvalue weighted by Gasteiger charge is -2.33. The van der Waals surface area contributed by atoms with Crippen molar-refractivity contribution in [2.45, 2.75) is 50.1 Å². The summed E-state index contributed by atoms with van der Waals surface area (Å²) in [5.74, 6) is 0. The number of amides is 2. The smallest absolute Gasteiger partial charge is 0.379 e. The number of piperidine rings is 1. The minimum atomic E-state index is -4.31. The first kappa shape index (κ1) is 26.5. The molecule has 3 saturated heterocycles. The van der Waals surface area contributed by atoms with Crippen LogP contribution < -0.4 is 5.32 Å². The topological polar surface area (TPSA) is 61.9 Å². The highest BCUT2D eigenvalue weighted by Crippen LogP contribution is 2.29. The standard InChI is InChI=1S/C9H8F3NO.C8H15NOS.C5H9NO/c10-9(11,12)8-3-1-7(2-4-8)5-13-6-14;1-2-4-9(5-3-1)11-8-6-10-7-8;7-5-6-3-1-2-4-6/h1-4,6H,5H2,(H,13,14);8H,1-7H2;5H,1-4H2. The Morgan fingerprint density at radius 1 is 0.969 bits per heavy atom. The highest BCUT2D eigenvalue weighted by atomic mass is 32.2. The summed E-state index contributed by atoms with van der Waals surface area (Å²) in [6.45, 7) is 6.72. The van der Waals surface area contributed by atoms with Gasteiger partial charge in [-0.1, -0.05) is 30.5 Å². The number of nitrogens with zero attached hydrogens (tertiary/aromatic N) is 2. The molecule has 3 aliphatic heterocycles. The predicted molar refractivity (Wildman–Crippen MR) is 119 cm³/mol. The number of ether oxygens (including phenoxy) is 1. The molecular weight excluding hydrogens is 443 g/mol. The van der Waals surface area contributed by atoms with Gasteiger partial charge in [-0.05, 0) is 43.4 Å². The predicted octanol–water partition coefficient (Wildman–Crippen LogP) is 3.71. The van der Waals surface area contributed by atoms with Crippen LogP contribution in [0.2, 0.25) is 0 Å². The fourth-order valence-corrected chi connectivity index (χ4v) is 4.48. The second kappa shape index (κ2) is 14.4. The van der Waals surface area contributed by atoms with Crippen molar-refractivity contribution in [3.05, 3.63) is 35.4 Å². The summed E-state index contributed by atoms with van der Waals surface area (Å²) in [5, 5.41) is 3.13. The maximum Gasteiger partial charge on any atom is 0.416 e. The number of carbonyl (C=O) groups is 2. The van der Waals surface area contributed by atoms with Crippen molar-refractivity contribution in [1.82, 2.24) is 14.5 Å². The number of hydrogen-bond donors (Lipinski definition) is 1. The summed E-state index contributed by atoms with van der Waals surface area (Å²) >= 11 is 2.02. The molecule has 10 heteroatoms. The molecule has 0 aliphatic carbocycles. The molecule has 3 aliphatic rings. The molecule has 1 aromatic rings. The van der Waals surface area contributed by atoms with Crippen LogP contribution in [0.3, 0.4) is 0 Å². The fourth-order valence-electron chi connectivity index (χ4n) is 3.27. The summed E-state index contributed by atoms with van der Waals surface area (Å²) in [6, 6.07) is 4.64. The number of benzene rings is 1. The van der Waals surface area contributed by atoms with E-state index in [0.717, 1.165) is 50.1 Å². The van der Waals surface area contributed by atoms with Gasteiger partial charge in [0.2, 0.25) is 12.8 Å². The van der Waals surface area contributed by atoms with Gasteiger partial charge < -0.3 is 15.0 Å². The Morgan fingerprint density at radius 3 is 2.00 bits per heavy atom. The SMILES string of the molecule is C1CCN(SC2COC2)CC1.O=CN1CCCC1.O=CNCc1ccc(C(F)(F)F)cc1. The quantitative estimate of drug-likeness (QED) is 0.502. The minimum Gasteiger partial charge on any atom is -0.379 e. The van der Waals surface area contributed by atoms with Gasteiger partial charge in [-0.15, -0.1) is 0 Å². The average molecular weight is 476 g/mol. The molecule has 4 rings (SSSR count). The van der Waals surface area contributed by atoms with E-state index in [9.17, 15) is 22.8 Å². The molecule has 0 bridgehead atoms. The van der Waals surface area contributed by atoms with Crippen molar-refractivity contribution in [3.63, 3.8) is 0 Å². The van der Waals surface area contributed by atoms with E-state index < -0.39 is 11.7 Å². The monoisotopic (exact) mass is 475 g/mol. The zero-order valence-electron chi connectivity index (χ0n) is 18.2. The van der Waals surface area contributed by atoms with Crippen molar-refractivity contribution in [3.8, 4) is 0 Å². The Balaban J connectivity index is 0.000000179. The van der Waals surface area contributed by atoms with Crippen LogP contribution in [0.25, 0.3) is 0 Å². The normalized spacial score (nSPS) is 19.0. The largest absolute Gasteiger partial charge is 0.416 e. The highest BCUT2D eigenvalue weighted by molar-refractivity contribution is 7.97. The lowest BCUT2D eigenvalue weighted by molar-refractivity contribution is -0.137. The van der Waals surface area contributed by atoms with Crippen molar-refractivity contribution in [1.29, 1.82) is 0 Å². The third-order valence-corrected chi connectivity index (χ3v) is 6.41. The van der Waals surface area contributed by atoms with Crippen molar-refractivity contribution in [2.24, 2.45) is 0 Å². The molecule has 0 radical (unpaired) electrons. The maximum absolute atomic E-state index is 12.1. The number of alkyl halides is 3. The molecule has 180 valence electrons. The molecule has 1 aromatic carbocycles. The molecule has 0 atom stereocenters. The van der Waals surface area contributed by atoms with Crippen LogP contribution in [0.4, 0.5) is 13.2 Å². The van der Waals surface area contributed by atoms with Crippen LogP contribution >= 0.6 is 11.9 Å².